The average Bonchev–Trinajstić information content (AvgIpc) is 3.20. The van der Waals surface area contributed by atoms with Gasteiger partial charge in [0.1, 0.15) is 11.6 Å². The molecule has 3 aromatic carbocycles. The Balaban J connectivity index is 1.45. The number of rotatable bonds is 10. The van der Waals surface area contributed by atoms with Crippen LogP contribution in [0.3, 0.4) is 0 Å². The first-order chi connectivity index (χ1) is 16.8. The lowest BCUT2D eigenvalue weighted by Crippen LogP contribution is -2.10. The Morgan fingerprint density at radius 2 is 1.60 bits per heavy atom. The van der Waals surface area contributed by atoms with Gasteiger partial charge in [-0.1, -0.05) is 68.8 Å². The molecule has 1 unspecified atom stereocenters. The van der Waals surface area contributed by atoms with Crippen molar-refractivity contribution in [2.24, 2.45) is 5.92 Å². The second-order valence-corrected chi connectivity index (χ2v) is 10.5. The van der Waals surface area contributed by atoms with Crippen LogP contribution in [0.15, 0.2) is 60.7 Å². The predicted molar refractivity (Wildman–Crippen MR) is 148 cm³/mol. The number of aryl methyl sites for hydroxylation is 3. The van der Waals surface area contributed by atoms with Crippen LogP contribution in [-0.4, -0.2) is 16.2 Å². The van der Waals surface area contributed by atoms with Crippen LogP contribution < -0.4 is 4.74 Å². The summed E-state index contributed by atoms with van der Waals surface area (Å²) >= 11 is 6.29. The highest BCUT2D eigenvalue weighted by Gasteiger charge is 2.18. The summed E-state index contributed by atoms with van der Waals surface area (Å²) < 4.78 is 8.43. The lowest BCUT2D eigenvalue weighted by molar-refractivity contribution is 0.303. The van der Waals surface area contributed by atoms with Gasteiger partial charge in [-0.05, 0) is 85.5 Å². The van der Waals surface area contributed by atoms with Crippen LogP contribution in [0.25, 0.3) is 11.0 Å². The predicted octanol–water partition coefficient (Wildman–Crippen LogP) is 8.52. The zero-order chi connectivity index (χ0) is 24.9. The number of nitrogens with zero attached hydrogens (tertiary/aromatic N) is 2. The second kappa shape index (κ2) is 11.3. The van der Waals surface area contributed by atoms with E-state index in [1.807, 2.05) is 26.0 Å². The standard InChI is InChI=1S/C31H37ClN2O/c1-21(2)18-25-12-14-26(15-13-25)24(5)31-33-28-10-6-7-11-29(28)34(31)16-8-9-17-35-27-19-22(3)30(32)23(4)20-27/h6-7,10-15,19-21,24H,8-9,16-18H2,1-5H3. The fraction of sp³-hybridized carbons (Fsp3) is 0.387. The molecule has 0 amide bonds. The molecule has 0 spiro atoms. The largest absolute Gasteiger partial charge is 0.494 e. The normalized spacial score (nSPS) is 12.4. The third-order valence-electron chi connectivity index (χ3n) is 6.65. The maximum atomic E-state index is 6.29. The molecule has 1 atom stereocenters. The third-order valence-corrected chi connectivity index (χ3v) is 7.25. The van der Waals surface area contributed by atoms with Gasteiger partial charge in [0, 0.05) is 17.5 Å². The molecular formula is C31H37ClN2O. The Hall–Kier alpha value is -2.78. The fourth-order valence-electron chi connectivity index (χ4n) is 4.77. The minimum absolute atomic E-state index is 0.228. The molecule has 0 radical (unpaired) electrons. The van der Waals surface area contributed by atoms with Crippen molar-refractivity contribution < 1.29 is 4.74 Å². The maximum absolute atomic E-state index is 6.29. The first kappa shape index (κ1) is 25.3. The van der Waals surface area contributed by atoms with E-state index in [1.165, 1.54) is 16.6 Å². The minimum Gasteiger partial charge on any atom is -0.494 e. The molecule has 3 nitrogen and oxygen atoms in total. The summed E-state index contributed by atoms with van der Waals surface area (Å²) in [5.74, 6) is 2.92. The molecule has 1 heterocycles. The summed E-state index contributed by atoms with van der Waals surface area (Å²) in [5, 5.41) is 0.820. The third kappa shape index (κ3) is 6.08. The summed E-state index contributed by atoms with van der Waals surface area (Å²) in [6, 6.07) is 21.6. The number of halogens is 1. The van der Waals surface area contributed by atoms with Gasteiger partial charge in [-0.15, -0.1) is 0 Å². The number of fused-ring (bicyclic) bond motifs is 1. The van der Waals surface area contributed by atoms with Crippen LogP contribution in [-0.2, 0) is 13.0 Å². The molecule has 0 aliphatic heterocycles. The van der Waals surface area contributed by atoms with Crippen LogP contribution in [0, 0.1) is 19.8 Å². The van der Waals surface area contributed by atoms with E-state index in [2.05, 4.69) is 73.9 Å². The van der Waals surface area contributed by atoms with E-state index in [-0.39, 0.29) is 5.92 Å². The first-order valence-corrected chi connectivity index (χ1v) is 13.1. The van der Waals surface area contributed by atoms with Crippen LogP contribution in [0.1, 0.15) is 67.6 Å². The Morgan fingerprint density at radius 1 is 0.914 bits per heavy atom. The smallest absolute Gasteiger partial charge is 0.119 e. The van der Waals surface area contributed by atoms with E-state index in [4.69, 9.17) is 21.3 Å². The van der Waals surface area contributed by atoms with Gasteiger partial charge >= 0.3 is 0 Å². The Morgan fingerprint density at radius 3 is 2.29 bits per heavy atom. The van der Waals surface area contributed by atoms with Crippen molar-refractivity contribution in [1.82, 2.24) is 9.55 Å². The number of unbranched alkanes of at least 4 members (excludes halogenated alkanes) is 1. The maximum Gasteiger partial charge on any atom is 0.119 e. The molecule has 4 rings (SSSR count). The van der Waals surface area contributed by atoms with Crippen molar-refractivity contribution in [2.45, 2.75) is 66.3 Å². The highest BCUT2D eigenvalue weighted by Crippen LogP contribution is 2.29. The Kier molecular flexibility index (Phi) is 8.18. The summed E-state index contributed by atoms with van der Waals surface area (Å²) in [5.41, 5.74) is 7.09. The van der Waals surface area contributed by atoms with Crippen molar-refractivity contribution >= 4 is 22.6 Å². The number of ether oxygens (including phenoxy) is 1. The zero-order valence-electron chi connectivity index (χ0n) is 21.6. The molecule has 0 saturated carbocycles. The monoisotopic (exact) mass is 488 g/mol. The summed E-state index contributed by atoms with van der Waals surface area (Å²) in [6.07, 6.45) is 3.12. The van der Waals surface area contributed by atoms with Crippen molar-refractivity contribution in [3.63, 3.8) is 0 Å². The van der Waals surface area contributed by atoms with Gasteiger partial charge in [0.05, 0.1) is 17.6 Å². The topological polar surface area (TPSA) is 27.1 Å². The highest BCUT2D eigenvalue weighted by atomic mass is 35.5. The Bertz CT molecular complexity index is 1250. The molecule has 0 aliphatic rings. The molecule has 35 heavy (non-hydrogen) atoms. The van der Waals surface area contributed by atoms with Gasteiger partial charge in [-0.2, -0.15) is 0 Å². The molecule has 0 N–H and O–H groups in total. The van der Waals surface area contributed by atoms with Crippen molar-refractivity contribution in [3.05, 3.63) is 93.8 Å². The van der Waals surface area contributed by atoms with Crippen molar-refractivity contribution in [1.29, 1.82) is 0 Å². The summed E-state index contributed by atoms with van der Waals surface area (Å²) in [4.78, 5) is 5.05. The van der Waals surface area contributed by atoms with E-state index in [0.29, 0.717) is 12.5 Å². The van der Waals surface area contributed by atoms with Gasteiger partial charge in [0.15, 0.2) is 0 Å². The van der Waals surface area contributed by atoms with Gasteiger partial charge in [-0.3, -0.25) is 0 Å². The van der Waals surface area contributed by atoms with Crippen LogP contribution >= 0.6 is 11.6 Å². The number of aromatic nitrogens is 2. The minimum atomic E-state index is 0.228. The van der Waals surface area contributed by atoms with E-state index in [0.717, 1.165) is 59.0 Å². The molecule has 0 aliphatic carbocycles. The SMILES string of the molecule is Cc1cc(OCCCCn2c(C(C)c3ccc(CC(C)C)cc3)nc3ccccc32)cc(C)c1Cl. The molecule has 0 fully saturated rings. The molecule has 0 saturated heterocycles. The number of para-hydroxylation sites is 2. The molecule has 0 bridgehead atoms. The number of hydrogen-bond donors (Lipinski definition) is 0. The molecule has 1 aromatic heterocycles. The molecule has 4 heteroatoms. The molecule has 184 valence electrons. The highest BCUT2D eigenvalue weighted by molar-refractivity contribution is 6.32. The zero-order valence-corrected chi connectivity index (χ0v) is 22.4. The Labute approximate surface area is 215 Å². The van der Waals surface area contributed by atoms with Crippen molar-refractivity contribution in [2.75, 3.05) is 6.61 Å². The molecular weight excluding hydrogens is 452 g/mol. The van der Waals surface area contributed by atoms with Crippen LogP contribution in [0.2, 0.25) is 5.02 Å². The van der Waals surface area contributed by atoms with Gasteiger partial charge < -0.3 is 9.30 Å². The quantitative estimate of drug-likeness (QED) is 0.209. The summed E-state index contributed by atoms with van der Waals surface area (Å²) in [7, 11) is 0. The number of benzene rings is 3. The summed E-state index contributed by atoms with van der Waals surface area (Å²) in [6.45, 7) is 12.5. The van der Waals surface area contributed by atoms with E-state index < -0.39 is 0 Å². The average molecular weight is 489 g/mol. The van der Waals surface area contributed by atoms with E-state index in [9.17, 15) is 0 Å². The van der Waals surface area contributed by atoms with Crippen molar-refractivity contribution in [3.8, 4) is 5.75 Å². The van der Waals surface area contributed by atoms with Gasteiger partial charge in [0.25, 0.3) is 0 Å². The second-order valence-electron chi connectivity index (χ2n) is 10.1. The fourth-order valence-corrected chi connectivity index (χ4v) is 4.88. The lowest BCUT2D eigenvalue weighted by atomic mass is 9.96. The van der Waals surface area contributed by atoms with E-state index >= 15 is 0 Å². The number of imidazole rings is 1. The lowest BCUT2D eigenvalue weighted by Gasteiger charge is -2.16. The van der Waals surface area contributed by atoms with Crippen LogP contribution in [0.5, 0.6) is 5.75 Å². The van der Waals surface area contributed by atoms with Crippen LogP contribution in [0.4, 0.5) is 0 Å². The van der Waals surface area contributed by atoms with Gasteiger partial charge in [0.2, 0.25) is 0 Å². The first-order valence-electron chi connectivity index (χ1n) is 12.8. The molecule has 4 aromatic rings. The van der Waals surface area contributed by atoms with E-state index in [1.54, 1.807) is 0 Å². The number of hydrogen-bond acceptors (Lipinski definition) is 2. The van der Waals surface area contributed by atoms with Gasteiger partial charge in [-0.25, -0.2) is 4.98 Å².